The molecular formula is C30H38F28O3Sn2. The molecule has 63 heavy (non-hydrogen) atoms. The van der Waals surface area contributed by atoms with E-state index < -0.39 is 180 Å². The number of unbranched alkanes of at least 4 members (excludes halogenated alkanes) is 8. The zero-order valence-electron chi connectivity index (χ0n) is 32.1. The van der Waals surface area contributed by atoms with Gasteiger partial charge in [0.15, 0.2) is 0 Å². The molecule has 3 nitrogen and oxygen atoms in total. The first-order chi connectivity index (χ1) is 28.1. The van der Waals surface area contributed by atoms with Crippen molar-refractivity contribution in [2.75, 3.05) is 39.9 Å². The third kappa shape index (κ3) is 10.6. The SMILES string of the molecule is CCCCCCC[O][Sn]([O][Sn]([O]CCCCCCC)([C](F)(F)C(F)(F)C(F)(F)CF)[C](F)(F)C(F)(F)C(F)(F)CF)([C](F)(F)C(F)(F)C(F)(F)CF)[C](F)(F)C(F)(F)C(F)(F)CF. The number of hydrogen-bond donors (Lipinski definition) is 0. The molecule has 0 fully saturated rings. The molecule has 0 bridgehead atoms. The first-order valence-corrected chi connectivity index (χ1v) is 28.2. The average molecular weight is 1220 g/mol. The van der Waals surface area contributed by atoms with E-state index in [1.807, 2.05) is 0 Å². The Kier molecular flexibility index (Phi) is 21.3. The van der Waals surface area contributed by atoms with Gasteiger partial charge in [-0.05, 0) is 0 Å². The minimum atomic E-state index is -12.7. The van der Waals surface area contributed by atoms with Gasteiger partial charge in [-0.1, -0.05) is 0 Å². The van der Waals surface area contributed by atoms with Crippen molar-refractivity contribution < 1.29 is 130 Å². The number of alkyl halides is 28. The molecule has 0 aliphatic rings. The molecule has 0 aliphatic heterocycles. The van der Waals surface area contributed by atoms with E-state index >= 15 is 70.2 Å². The second-order valence-corrected chi connectivity index (χ2v) is 34.2. The summed E-state index contributed by atoms with van der Waals surface area (Å²) in [4.78, 5) is 0. The predicted octanol–water partition coefficient (Wildman–Crippen LogP) is 13.5. The van der Waals surface area contributed by atoms with E-state index in [-0.39, 0.29) is 25.7 Å². The summed E-state index contributed by atoms with van der Waals surface area (Å²) in [7, 11) is 0. The Hall–Kier alpha value is -0.483. The summed E-state index contributed by atoms with van der Waals surface area (Å²) in [5, 5.41) is 0. The summed E-state index contributed by atoms with van der Waals surface area (Å²) in [6.45, 7) is -20.6. The Morgan fingerprint density at radius 1 is 0.302 bits per heavy atom. The molecule has 0 amide bonds. The van der Waals surface area contributed by atoms with Crippen molar-refractivity contribution in [3.8, 4) is 0 Å². The van der Waals surface area contributed by atoms with E-state index in [4.69, 9.17) is 0 Å². The second kappa shape index (κ2) is 21.4. The second-order valence-electron chi connectivity index (χ2n) is 13.8. The fourth-order valence-corrected chi connectivity index (χ4v) is 41.6. The fraction of sp³-hybridized carbons (Fsp3) is 1.00. The van der Waals surface area contributed by atoms with Crippen LogP contribution < -0.4 is 0 Å². The van der Waals surface area contributed by atoms with Crippen molar-refractivity contribution in [3.05, 3.63) is 0 Å². The van der Waals surface area contributed by atoms with E-state index in [2.05, 4.69) is 7.56 Å². The topological polar surface area (TPSA) is 27.7 Å². The van der Waals surface area contributed by atoms with Crippen molar-refractivity contribution in [1.82, 2.24) is 0 Å². The van der Waals surface area contributed by atoms with E-state index in [1.54, 1.807) is 0 Å². The van der Waals surface area contributed by atoms with Crippen LogP contribution in [0.5, 0.6) is 0 Å². The summed E-state index contributed by atoms with van der Waals surface area (Å²) >= 11 is -25.4. The van der Waals surface area contributed by atoms with E-state index in [9.17, 15) is 52.7 Å². The van der Waals surface area contributed by atoms with Crippen molar-refractivity contribution >= 4 is 38.4 Å². The Balaban J connectivity index is 9.96. The molecule has 0 unspecified atom stereocenters. The zero-order chi connectivity index (χ0) is 50.4. The normalized spacial score (nSPS) is 15.7. The maximum atomic E-state index is 16.4. The van der Waals surface area contributed by atoms with E-state index in [0.717, 1.165) is 0 Å². The number of halogens is 28. The van der Waals surface area contributed by atoms with Crippen molar-refractivity contribution in [2.24, 2.45) is 0 Å². The van der Waals surface area contributed by atoms with E-state index in [1.165, 1.54) is 13.8 Å². The molecule has 0 aromatic rings. The molecular weight excluding hydrogens is 1180 g/mol. The Morgan fingerprint density at radius 3 is 0.667 bits per heavy atom. The quantitative estimate of drug-likeness (QED) is 0.0382. The summed E-state index contributed by atoms with van der Waals surface area (Å²) in [5.41, 5.74) is 0. The van der Waals surface area contributed by atoms with Crippen LogP contribution in [0, 0.1) is 0 Å². The molecule has 0 heterocycles. The van der Waals surface area contributed by atoms with Crippen LogP contribution in [-0.2, 0) is 7.56 Å². The van der Waals surface area contributed by atoms with Crippen molar-refractivity contribution in [3.63, 3.8) is 0 Å². The van der Waals surface area contributed by atoms with Gasteiger partial charge >= 0.3 is 350 Å². The van der Waals surface area contributed by atoms with Crippen LogP contribution in [-0.4, -0.2) is 141 Å². The minimum absolute atomic E-state index is 0.0880. The van der Waals surface area contributed by atoms with Crippen LogP contribution in [0.15, 0.2) is 0 Å². The van der Waals surface area contributed by atoms with Crippen molar-refractivity contribution in [2.45, 2.75) is 141 Å². The van der Waals surface area contributed by atoms with Gasteiger partial charge in [0, 0.05) is 0 Å². The molecule has 0 aliphatic carbocycles. The van der Waals surface area contributed by atoms with Crippen molar-refractivity contribution in [1.29, 1.82) is 0 Å². The van der Waals surface area contributed by atoms with Crippen LogP contribution in [0.3, 0.4) is 0 Å². The average Bonchev–Trinajstić information content (AvgIpc) is 3.18. The van der Waals surface area contributed by atoms with Crippen LogP contribution in [0.25, 0.3) is 0 Å². The first kappa shape index (κ1) is 62.5. The molecule has 33 heteroatoms. The summed E-state index contributed by atoms with van der Waals surface area (Å²) < 4.78 is 395. The monoisotopic (exact) mass is 1220 g/mol. The van der Waals surface area contributed by atoms with Gasteiger partial charge in [0.05, 0.1) is 0 Å². The first-order valence-electron chi connectivity index (χ1n) is 17.8. The van der Waals surface area contributed by atoms with E-state index in [0.29, 0.717) is 0 Å². The van der Waals surface area contributed by atoms with Gasteiger partial charge in [-0.3, -0.25) is 0 Å². The Morgan fingerprint density at radius 2 is 0.492 bits per heavy atom. The molecule has 0 rings (SSSR count). The van der Waals surface area contributed by atoms with Gasteiger partial charge in [0.1, 0.15) is 0 Å². The summed E-state index contributed by atoms with van der Waals surface area (Å²) in [6, 6.07) is 0. The molecule has 0 spiro atoms. The molecule has 0 saturated heterocycles. The molecule has 0 aromatic heterocycles. The molecule has 0 radical (unpaired) electrons. The van der Waals surface area contributed by atoms with Crippen LogP contribution in [0.2, 0.25) is 0 Å². The molecule has 0 saturated carbocycles. The standard InChI is InChI=1S/2C7H15O.4C4H2F7.O.2Sn/c2*1-2-3-4-5-6-7-8;4*5-1-3(8,9)4(10,11)2(6)7;;;/h2*2-7H2,1H3;4*1H2;;;/q2*-1;;;;;;2*+1. The van der Waals surface area contributed by atoms with Gasteiger partial charge < -0.3 is 0 Å². The van der Waals surface area contributed by atoms with Crippen LogP contribution in [0.1, 0.15) is 78.1 Å². The van der Waals surface area contributed by atoms with Crippen LogP contribution in [0.4, 0.5) is 123 Å². The third-order valence-corrected chi connectivity index (χ3v) is 38.3. The van der Waals surface area contributed by atoms with Crippen LogP contribution >= 0.6 is 0 Å². The summed E-state index contributed by atoms with van der Waals surface area (Å²) in [6.07, 6.45) is -5.86. The zero-order valence-corrected chi connectivity index (χ0v) is 37.8. The fourth-order valence-electron chi connectivity index (χ4n) is 5.20. The maximum absolute atomic E-state index is 16.4. The van der Waals surface area contributed by atoms with Gasteiger partial charge in [-0.25, -0.2) is 0 Å². The molecule has 0 atom stereocenters. The van der Waals surface area contributed by atoms with Gasteiger partial charge in [-0.2, -0.15) is 0 Å². The Bertz CT molecular complexity index is 1230. The number of rotatable bonds is 32. The van der Waals surface area contributed by atoms with Gasteiger partial charge in [0.2, 0.25) is 0 Å². The molecule has 0 N–H and O–H groups in total. The van der Waals surface area contributed by atoms with Gasteiger partial charge in [0.25, 0.3) is 0 Å². The summed E-state index contributed by atoms with van der Waals surface area (Å²) in [5.74, 6) is -64.7. The molecule has 0 aromatic carbocycles. The predicted molar refractivity (Wildman–Crippen MR) is 165 cm³/mol. The van der Waals surface area contributed by atoms with Gasteiger partial charge in [-0.15, -0.1) is 0 Å². The molecule has 380 valence electrons. The Labute approximate surface area is 349 Å². The third-order valence-electron chi connectivity index (χ3n) is 9.13. The number of hydrogen-bond acceptors (Lipinski definition) is 3.